The third-order valence-electron chi connectivity index (χ3n) is 4.44. The number of hydrogen-bond acceptors (Lipinski definition) is 2. The Balaban J connectivity index is 2.34. The van der Waals surface area contributed by atoms with Gasteiger partial charge >= 0.3 is 0 Å². The minimum absolute atomic E-state index is 0.129. The first-order chi connectivity index (χ1) is 8.93. The van der Waals surface area contributed by atoms with Crippen LogP contribution in [0.4, 0.5) is 4.39 Å². The van der Waals surface area contributed by atoms with Crippen LogP contribution in [0.3, 0.4) is 0 Å². The van der Waals surface area contributed by atoms with Gasteiger partial charge in [-0.25, -0.2) is 4.39 Å². The molecule has 0 saturated carbocycles. The van der Waals surface area contributed by atoms with E-state index in [1.54, 1.807) is 12.1 Å². The lowest BCUT2D eigenvalue weighted by molar-refractivity contribution is 0.0478. The van der Waals surface area contributed by atoms with Gasteiger partial charge in [-0.05, 0) is 57.0 Å². The Morgan fingerprint density at radius 1 is 1.16 bits per heavy atom. The van der Waals surface area contributed by atoms with Gasteiger partial charge in [0.05, 0.1) is 12.2 Å². The fraction of sp³-hybridized carbons (Fsp3) is 0.625. The molecule has 0 spiro atoms. The lowest BCUT2D eigenvalue weighted by Crippen LogP contribution is -2.33. The van der Waals surface area contributed by atoms with Crippen LogP contribution in [0.2, 0.25) is 0 Å². The maximum atomic E-state index is 13.6. The van der Waals surface area contributed by atoms with E-state index >= 15 is 0 Å². The molecule has 3 heteroatoms. The summed E-state index contributed by atoms with van der Waals surface area (Å²) < 4.78 is 19.5. The second kappa shape index (κ2) is 5.59. The standard InChI is InChI=1S/C16H24FNO/c1-9-6-13(8-14(17)7-9)16(18-5)15-10(2)11(3)19-12(15)4/h6-8,10-12,15-16,18H,1-5H3. The Labute approximate surface area is 115 Å². The van der Waals surface area contributed by atoms with Crippen molar-refractivity contribution in [3.05, 3.63) is 35.1 Å². The first-order valence-electron chi connectivity index (χ1n) is 7.04. The normalized spacial score (nSPS) is 32.5. The van der Waals surface area contributed by atoms with Gasteiger partial charge in [-0.15, -0.1) is 0 Å². The summed E-state index contributed by atoms with van der Waals surface area (Å²) in [5.74, 6) is 0.653. The Bertz CT molecular complexity index is 428. The predicted molar refractivity (Wildman–Crippen MR) is 75.6 cm³/mol. The van der Waals surface area contributed by atoms with E-state index in [4.69, 9.17) is 4.74 Å². The van der Waals surface area contributed by atoms with Crippen LogP contribution in [0.15, 0.2) is 18.2 Å². The van der Waals surface area contributed by atoms with Crippen molar-refractivity contribution >= 4 is 0 Å². The third kappa shape index (κ3) is 2.82. The van der Waals surface area contributed by atoms with E-state index < -0.39 is 0 Å². The Morgan fingerprint density at radius 2 is 1.84 bits per heavy atom. The Morgan fingerprint density at radius 3 is 2.32 bits per heavy atom. The molecule has 1 aliphatic rings. The number of benzene rings is 1. The summed E-state index contributed by atoms with van der Waals surface area (Å²) in [5, 5.41) is 3.35. The first kappa shape index (κ1) is 14.5. The summed E-state index contributed by atoms with van der Waals surface area (Å²) in [6, 6.07) is 5.39. The fourth-order valence-electron chi connectivity index (χ4n) is 3.39. The average molecular weight is 265 g/mol. The number of aryl methyl sites for hydroxylation is 1. The van der Waals surface area contributed by atoms with Gasteiger partial charge < -0.3 is 10.1 Å². The van der Waals surface area contributed by atoms with Crippen molar-refractivity contribution < 1.29 is 9.13 Å². The molecule has 0 aliphatic carbocycles. The smallest absolute Gasteiger partial charge is 0.123 e. The molecule has 0 radical (unpaired) electrons. The van der Waals surface area contributed by atoms with Gasteiger partial charge in [-0.3, -0.25) is 0 Å². The number of nitrogens with one attached hydrogen (secondary N) is 1. The zero-order valence-electron chi connectivity index (χ0n) is 12.4. The maximum Gasteiger partial charge on any atom is 0.123 e. The van der Waals surface area contributed by atoms with Crippen molar-refractivity contribution in [1.82, 2.24) is 5.32 Å². The van der Waals surface area contributed by atoms with E-state index in [0.29, 0.717) is 11.8 Å². The van der Waals surface area contributed by atoms with Crippen LogP contribution in [0, 0.1) is 24.6 Å². The third-order valence-corrected chi connectivity index (χ3v) is 4.44. The van der Waals surface area contributed by atoms with Gasteiger partial charge in [0.1, 0.15) is 5.82 Å². The molecule has 0 bridgehead atoms. The van der Waals surface area contributed by atoms with Crippen LogP contribution >= 0.6 is 0 Å². The molecule has 1 N–H and O–H groups in total. The number of ether oxygens (including phenoxy) is 1. The van der Waals surface area contributed by atoms with Gasteiger partial charge in [-0.2, -0.15) is 0 Å². The van der Waals surface area contributed by atoms with Crippen molar-refractivity contribution in [3.63, 3.8) is 0 Å². The molecule has 0 aromatic heterocycles. The number of halogens is 1. The highest BCUT2D eigenvalue weighted by molar-refractivity contribution is 5.27. The fourth-order valence-corrected chi connectivity index (χ4v) is 3.39. The topological polar surface area (TPSA) is 21.3 Å². The van der Waals surface area contributed by atoms with Crippen molar-refractivity contribution in [2.45, 2.75) is 45.9 Å². The Hall–Kier alpha value is -0.930. The van der Waals surface area contributed by atoms with Gasteiger partial charge in [0.25, 0.3) is 0 Å². The quantitative estimate of drug-likeness (QED) is 0.903. The molecule has 1 heterocycles. The molecule has 1 saturated heterocycles. The molecular weight excluding hydrogens is 241 g/mol. The van der Waals surface area contributed by atoms with Gasteiger partial charge in [-0.1, -0.05) is 13.0 Å². The zero-order valence-corrected chi connectivity index (χ0v) is 12.4. The summed E-state index contributed by atoms with van der Waals surface area (Å²) >= 11 is 0. The molecular formula is C16H24FNO. The van der Waals surface area contributed by atoms with Crippen molar-refractivity contribution in [2.24, 2.45) is 11.8 Å². The predicted octanol–water partition coefficient (Wildman–Crippen LogP) is 3.45. The summed E-state index contributed by atoms with van der Waals surface area (Å²) in [4.78, 5) is 0. The van der Waals surface area contributed by atoms with Crippen LogP contribution < -0.4 is 5.32 Å². The van der Waals surface area contributed by atoms with Crippen molar-refractivity contribution in [3.8, 4) is 0 Å². The molecule has 1 fully saturated rings. The minimum atomic E-state index is -0.164. The SMILES string of the molecule is CNC(c1cc(C)cc(F)c1)C1C(C)OC(C)C1C. The van der Waals surface area contributed by atoms with E-state index in [1.165, 1.54) is 0 Å². The summed E-state index contributed by atoms with van der Waals surface area (Å²) in [6.45, 7) is 8.38. The van der Waals surface area contributed by atoms with Crippen LogP contribution in [-0.4, -0.2) is 19.3 Å². The average Bonchev–Trinajstić information content (AvgIpc) is 2.56. The lowest BCUT2D eigenvalue weighted by atomic mass is 9.80. The summed E-state index contributed by atoms with van der Waals surface area (Å²) in [5.41, 5.74) is 1.98. The van der Waals surface area contributed by atoms with Crippen LogP contribution in [-0.2, 0) is 4.74 Å². The highest BCUT2D eigenvalue weighted by Crippen LogP contribution is 2.40. The summed E-state index contributed by atoms with van der Waals surface area (Å²) in [7, 11) is 1.94. The monoisotopic (exact) mass is 265 g/mol. The number of rotatable bonds is 3. The molecule has 1 aromatic rings. The molecule has 106 valence electrons. The van der Waals surface area contributed by atoms with Crippen LogP contribution in [0.5, 0.6) is 0 Å². The van der Waals surface area contributed by atoms with Gasteiger partial charge in [0, 0.05) is 12.0 Å². The minimum Gasteiger partial charge on any atom is -0.375 e. The van der Waals surface area contributed by atoms with Gasteiger partial charge in [0.2, 0.25) is 0 Å². The first-order valence-corrected chi connectivity index (χ1v) is 7.04. The van der Waals surface area contributed by atoms with Crippen LogP contribution in [0.1, 0.15) is 37.9 Å². The van der Waals surface area contributed by atoms with Crippen molar-refractivity contribution in [2.75, 3.05) is 7.05 Å². The van der Waals surface area contributed by atoms with E-state index in [2.05, 4.69) is 32.2 Å². The van der Waals surface area contributed by atoms with E-state index in [0.717, 1.165) is 11.1 Å². The largest absolute Gasteiger partial charge is 0.375 e. The molecule has 1 aliphatic heterocycles. The molecule has 2 nitrogen and oxygen atoms in total. The second-order valence-electron chi connectivity index (χ2n) is 5.81. The van der Waals surface area contributed by atoms with Crippen LogP contribution in [0.25, 0.3) is 0 Å². The maximum absolute atomic E-state index is 13.6. The van der Waals surface area contributed by atoms with E-state index in [9.17, 15) is 4.39 Å². The molecule has 5 unspecified atom stereocenters. The van der Waals surface area contributed by atoms with E-state index in [1.807, 2.05) is 14.0 Å². The second-order valence-corrected chi connectivity index (χ2v) is 5.81. The molecule has 2 rings (SSSR count). The van der Waals surface area contributed by atoms with E-state index in [-0.39, 0.29) is 24.1 Å². The lowest BCUT2D eigenvalue weighted by Gasteiger charge is -2.29. The molecule has 5 atom stereocenters. The zero-order chi connectivity index (χ0) is 14.2. The summed E-state index contributed by atoms with van der Waals surface area (Å²) in [6.07, 6.45) is 0.441. The highest BCUT2D eigenvalue weighted by atomic mass is 19.1. The highest BCUT2D eigenvalue weighted by Gasteiger charge is 2.41. The Kier molecular flexibility index (Phi) is 4.26. The number of hydrogen-bond donors (Lipinski definition) is 1. The molecule has 1 aromatic carbocycles. The van der Waals surface area contributed by atoms with Gasteiger partial charge in [0.15, 0.2) is 0 Å². The van der Waals surface area contributed by atoms with Crippen molar-refractivity contribution in [1.29, 1.82) is 0 Å². The molecule has 19 heavy (non-hydrogen) atoms. The molecule has 0 amide bonds.